The van der Waals surface area contributed by atoms with Gasteiger partial charge in [-0.05, 0) is 48.2 Å². The molecule has 0 spiro atoms. The molecule has 3 aromatic rings. The molecule has 1 atom stereocenters. The lowest BCUT2D eigenvalue weighted by Gasteiger charge is -2.18. The van der Waals surface area contributed by atoms with E-state index in [0.29, 0.717) is 38.2 Å². The monoisotopic (exact) mass is 554 g/mol. The highest BCUT2D eigenvalue weighted by atomic mass is 16.5. The Morgan fingerprint density at radius 2 is 1.37 bits per heavy atom. The maximum absolute atomic E-state index is 13.3. The number of ketones is 1. The van der Waals surface area contributed by atoms with Crippen molar-refractivity contribution in [1.82, 2.24) is 10.2 Å². The van der Waals surface area contributed by atoms with E-state index in [0.717, 1.165) is 16.9 Å². The minimum Gasteiger partial charge on any atom is -0.457 e. The SMILES string of the molecule is O=C(CCCCCN1C(=O)C=CC1=O)NC(COCc1ccccc1)C(=O)Cc1ccc(Oc2ccccc2)cc1. The molecule has 8 heteroatoms. The number of amides is 3. The predicted octanol–water partition coefficient (Wildman–Crippen LogP) is 4.78. The number of hydrogen-bond acceptors (Lipinski definition) is 6. The quantitative estimate of drug-likeness (QED) is 0.202. The Bertz CT molecular complexity index is 1320. The van der Waals surface area contributed by atoms with Gasteiger partial charge in [-0.25, -0.2) is 0 Å². The molecule has 0 saturated carbocycles. The van der Waals surface area contributed by atoms with Crippen LogP contribution in [0.1, 0.15) is 36.8 Å². The summed E-state index contributed by atoms with van der Waals surface area (Å²) in [5.41, 5.74) is 1.78. The van der Waals surface area contributed by atoms with Crippen LogP contribution in [0.2, 0.25) is 0 Å². The van der Waals surface area contributed by atoms with Crippen LogP contribution in [-0.2, 0) is 36.9 Å². The van der Waals surface area contributed by atoms with Gasteiger partial charge < -0.3 is 14.8 Å². The highest BCUT2D eigenvalue weighted by Gasteiger charge is 2.23. The average molecular weight is 555 g/mol. The molecule has 0 fully saturated rings. The highest BCUT2D eigenvalue weighted by molar-refractivity contribution is 6.12. The number of nitrogens with one attached hydrogen (secondary N) is 1. The number of Topliss-reactive ketones (excluding diaryl/α,β-unsaturated/α-hetero) is 1. The summed E-state index contributed by atoms with van der Waals surface area (Å²) in [6.07, 6.45) is 4.75. The molecule has 3 aromatic carbocycles. The number of rotatable bonds is 16. The number of ether oxygens (including phenoxy) is 2. The minimum atomic E-state index is -0.794. The van der Waals surface area contributed by atoms with Gasteiger partial charge in [0.25, 0.3) is 11.8 Å². The molecule has 1 unspecified atom stereocenters. The molecule has 0 radical (unpaired) electrons. The third-order valence-corrected chi connectivity index (χ3v) is 6.59. The number of carbonyl (C=O) groups excluding carboxylic acids is 4. The minimum absolute atomic E-state index is 0.0564. The van der Waals surface area contributed by atoms with E-state index in [1.165, 1.54) is 17.1 Å². The van der Waals surface area contributed by atoms with E-state index in [1.807, 2.05) is 84.9 Å². The van der Waals surface area contributed by atoms with E-state index in [9.17, 15) is 19.2 Å². The van der Waals surface area contributed by atoms with Gasteiger partial charge >= 0.3 is 0 Å². The Morgan fingerprint density at radius 1 is 0.732 bits per heavy atom. The number of carbonyl (C=O) groups is 4. The van der Waals surface area contributed by atoms with Crippen LogP contribution in [0.3, 0.4) is 0 Å². The van der Waals surface area contributed by atoms with Crippen molar-refractivity contribution in [3.05, 3.63) is 108 Å². The second kappa shape index (κ2) is 15.3. The normalized spacial score (nSPS) is 13.3. The van der Waals surface area contributed by atoms with Gasteiger partial charge in [-0.3, -0.25) is 24.1 Å². The van der Waals surface area contributed by atoms with Crippen molar-refractivity contribution >= 4 is 23.5 Å². The van der Waals surface area contributed by atoms with Gasteiger partial charge in [0.05, 0.1) is 13.2 Å². The molecule has 41 heavy (non-hydrogen) atoms. The van der Waals surface area contributed by atoms with Crippen LogP contribution < -0.4 is 10.1 Å². The first-order valence-electron chi connectivity index (χ1n) is 13.8. The van der Waals surface area contributed by atoms with Gasteiger partial charge in [-0.2, -0.15) is 0 Å². The van der Waals surface area contributed by atoms with Crippen LogP contribution >= 0.6 is 0 Å². The fourth-order valence-electron chi connectivity index (χ4n) is 4.36. The Balaban J connectivity index is 1.27. The van der Waals surface area contributed by atoms with Gasteiger partial charge in [0.1, 0.15) is 17.5 Å². The van der Waals surface area contributed by atoms with Crippen LogP contribution in [0.15, 0.2) is 97.1 Å². The van der Waals surface area contributed by atoms with Gasteiger partial charge in [0.2, 0.25) is 5.91 Å². The van der Waals surface area contributed by atoms with Crippen molar-refractivity contribution in [2.45, 2.75) is 44.8 Å². The van der Waals surface area contributed by atoms with E-state index in [4.69, 9.17) is 9.47 Å². The topological polar surface area (TPSA) is 102 Å². The Kier molecular flexibility index (Phi) is 11.0. The fourth-order valence-corrected chi connectivity index (χ4v) is 4.36. The number of hydrogen-bond donors (Lipinski definition) is 1. The summed E-state index contributed by atoms with van der Waals surface area (Å²) in [5.74, 6) is 0.392. The number of unbranched alkanes of at least 4 members (excludes halogenated alkanes) is 2. The first kappa shape index (κ1) is 29.4. The highest BCUT2D eigenvalue weighted by Crippen LogP contribution is 2.21. The lowest BCUT2D eigenvalue weighted by molar-refractivity contribution is -0.137. The van der Waals surface area contributed by atoms with Crippen LogP contribution in [0.5, 0.6) is 11.5 Å². The number of benzene rings is 3. The van der Waals surface area contributed by atoms with Crippen LogP contribution in [0, 0.1) is 0 Å². The van der Waals surface area contributed by atoms with Crippen LogP contribution in [-0.4, -0.2) is 47.6 Å². The molecule has 212 valence electrons. The van der Waals surface area contributed by atoms with Crippen molar-refractivity contribution < 1.29 is 28.7 Å². The summed E-state index contributed by atoms with van der Waals surface area (Å²) in [7, 11) is 0. The average Bonchev–Trinajstić information content (AvgIpc) is 3.31. The maximum atomic E-state index is 13.3. The summed E-state index contributed by atoms with van der Waals surface area (Å²) >= 11 is 0. The third kappa shape index (κ3) is 9.54. The zero-order chi connectivity index (χ0) is 28.9. The Morgan fingerprint density at radius 3 is 2.05 bits per heavy atom. The fraction of sp³-hybridized carbons (Fsp3) is 0.273. The largest absolute Gasteiger partial charge is 0.457 e. The van der Waals surface area contributed by atoms with E-state index < -0.39 is 6.04 Å². The van der Waals surface area contributed by atoms with Gasteiger partial charge in [-0.15, -0.1) is 0 Å². The summed E-state index contributed by atoms with van der Waals surface area (Å²) in [4.78, 5) is 50.5. The second-order valence-corrected chi connectivity index (χ2v) is 9.80. The molecular weight excluding hydrogens is 520 g/mol. The van der Waals surface area contributed by atoms with Gasteiger partial charge in [0, 0.05) is 31.5 Å². The molecule has 1 aliphatic heterocycles. The molecule has 4 rings (SSSR count). The first-order chi connectivity index (χ1) is 20.0. The Hall–Kier alpha value is -4.56. The summed E-state index contributed by atoms with van der Waals surface area (Å²) in [6, 6.07) is 25.6. The molecule has 1 N–H and O–H groups in total. The second-order valence-electron chi connectivity index (χ2n) is 9.80. The number of imide groups is 1. The summed E-state index contributed by atoms with van der Waals surface area (Å²) in [6.45, 7) is 0.714. The zero-order valence-electron chi connectivity index (χ0n) is 22.9. The Labute approximate surface area is 240 Å². The lowest BCUT2D eigenvalue weighted by atomic mass is 10.0. The molecule has 0 aliphatic carbocycles. The summed E-state index contributed by atoms with van der Waals surface area (Å²) < 4.78 is 11.6. The van der Waals surface area contributed by atoms with E-state index >= 15 is 0 Å². The number of para-hydroxylation sites is 1. The maximum Gasteiger partial charge on any atom is 0.253 e. The molecule has 0 aromatic heterocycles. The first-order valence-corrected chi connectivity index (χ1v) is 13.8. The van der Waals surface area contributed by atoms with E-state index in [1.54, 1.807) is 0 Å². The predicted molar refractivity (Wildman–Crippen MR) is 154 cm³/mol. The zero-order valence-corrected chi connectivity index (χ0v) is 22.9. The van der Waals surface area contributed by atoms with Gasteiger partial charge in [0.15, 0.2) is 5.78 Å². The molecule has 8 nitrogen and oxygen atoms in total. The van der Waals surface area contributed by atoms with Crippen molar-refractivity contribution in [2.75, 3.05) is 13.2 Å². The molecule has 0 bridgehead atoms. The van der Waals surface area contributed by atoms with E-state index in [-0.39, 0.29) is 43.0 Å². The van der Waals surface area contributed by atoms with Crippen LogP contribution in [0.25, 0.3) is 0 Å². The molecule has 3 amide bonds. The standard InChI is InChI=1S/C33H34N2O6/c36-30(22-25-15-17-28(18-16-25)41-27-12-6-2-7-13-27)29(24-40-23-26-10-4-1-5-11-26)34-31(37)14-8-3-9-21-35-32(38)19-20-33(35)39/h1-2,4-7,10-13,15-20,29H,3,8-9,14,21-24H2,(H,34,37). The number of nitrogens with zero attached hydrogens (tertiary/aromatic N) is 1. The van der Waals surface area contributed by atoms with Gasteiger partial charge in [-0.1, -0.05) is 67.1 Å². The van der Waals surface area contributed by atoms with Crippen molar-refractivity contribution in [3.63, 3.8) is 0 Å². The molecule has 0 saturated heterocycles. The van der Waals surface area contributed by atoms with Crippen LogP contribution in [0.4, 0.5) is 0 Å². The lowest BCUT2D eigenvalue weighted by Crippen LogP contribution is -2.44. The van der Waals surface area contributed by atoms with Crippen molar-refractivity contribution in [2.24, 2.45) is 0 Å². The van der Waals surface area contributed by atoms with Crippen molar-refractivity contribution in [1.29, 1.82) is 0 Å². The smallest absolute Gasteiger partial charge is 0.253 e. The third-order valence-electron chi connectivity index (χ3n) is 6.59. The molecule has 1 heterocycles. The van der Waals surface area contributed by atoms with E-state index in [2.05, 4.69) is 5.32 Å². The van der Waals surface area contributed by atoms with Crippen molar-refractivity contribution in [3.8, 4) is 11.5 Å². The summed E-state index contributed by atoms with van der Waals surface area (Å²) in [5, 5.41) is 2.85. The molecule has 1 aliphatic rings. The molecular formula is C33H34N2O6.